The Kier molecular flexibility index (Phi) is 4.16. The van der Waals surface area contributed by atoms with Gasteiger partial charge in [0.2, 0.25) is 0 Å². The van der Waals surface area contributed by atoms with E-state index in [9.17, 15) is 4.79 Å². The topological polar surface area (TPSA) is 46.5 Å². The Hall–Kier alpha value is -1.51. The summed E-state index contributed by atoms with van der Waals surface area (Å²) in [5.41, 5.74) is 1.25. The lowest BCUT2D eigenvalue weighted by atomic mass is 10.0. The van der Waals surface area contributed by atoms with Gasteiger partial charge in [0.1, 0.15) is 5.75 Å². The number of carboxylic acid groups (broad SMARTS) is 1. The first-order valence-corrected chi connectivity index (χ1v) is 5.04. The molecule has 15 heavy (non-hydrogen) atoms. The summed E-state index contributed by atoms with van der Waals surface area (Å²) in [6.07, 6.45) is 0.0337. The number of carboxylic acids is 1. The van der Waals surface area contributed by atoms with E-state index in [2.05, 4.69) is 13.8 Å². The molecule has 0 bridgehead atoms. The van der Waals surface area contributed by atoms with Crippen LogP contribution in [0.25, 0.3) is 0 Å². The highest BCUT2D eigenvalue weighted by molar-refractivity contribution is 5.66. The summed E-state index contributed by atoms with van der Waals surface area (Å²) in [5, 5.41) is 8.43. The van der Waals surface area contributed by atoms with Gasteiger partial charge in [0.25, 0.3) is 0 Å². The van der Waals surface area contributed by atoms with E-state index >= 15 is 0 Å². The van der Waals surface area contributed by atoms with E-state index in [1.165, 1.54) is 5.56 Å². The van der Waals surface area contributed by atoms with Gasteiger partial charge in [-0.2, -0.15) is 0 Å². The maximum Gasteiger partial charge on any atom is 0.306 e. The van der Waals surface area contributed by atoms with Gasteiger partial charge in [-0.05, 0) is 23.6 Å². The first-order valence-electron chi connectivity index (χ1n) is 5.04. The van der Waals surface area contributed by atoms with Gasteiger partial charge in [0.15, 0.2) is 0 Å². The van der Waals surface area contributed by atoms with E-state index in [4.69, 9.17) is 9.84 Å². The van der Waals surface area contributed by atoms with Crippen LogP contribution in [0.2, 0.25) is 0 Å². The molecule has 0 aliphatic heterocycles. The molecule has 0 spiro atoms. The highest BCUT2D eigenvalue weighted by Crippen LogP contribution is 2.18. The van der Waals surface area contributed by atoms with Crippen molar-refractivity contribution < 1.29 is 14.6 Å². The number of ether oxygens (including phenoxy) is 1. The van der Waals surface area contributed by atoms with E-state index in [0.717, 1.165) is 5.75 Å². The zero-order chi connectivity index (χ0) is 11.3. The molecular weight excluding hydrogens is 192 g/mol. The molecule has 0 radical (unpaired) electrons. The Labute approximate surface area is 89.7 Å². The average Bonchev–Trinajstić information content (AvgIpc) is 2.18. The number of carbonyl (C=O) groups is 1. The molecule has 0 aliphatic carbocycles. The highest BCUT2D eigenvalue weighted by atomic mass is 16.5. The molecule has 1 aromatic rings. The number of hydrogen-bond acceptors (Lipinski definition) is 2. The number of aliphatic carboxylic acids is 1. The summed E-state index contributed by atoms with van der Waals surface area (Å²) >= 11 is 0. The number of rotatable bonds is 5. The van der Waals surface area contributed by atoms with Crippen LogP contribution in [0.3, 0.4) is 0 Å². The maximum absolute atomic E-state index is 10.3. The minimum atomic E-state index is -0.839. The third-order valence-corrected chi connectivity index (χ3v) is 2.13. The summed E-state index contributed by atoms with van der Waals surface area (Å²) < 4.78 is 5.27. The minimum absolute atomic E-state index is 0.0337. The molecule has 0 aromatic heterocycles. The van der Waals surface area contributed by atoms with Crippen LogP contribution >= 0.6 is 0 Å². The van der Waals surface area contributed by atoms with Gasteiger partial charge in [-0.1, -0.05) is 26.0 Å². The zero-order valence-electron chi connectivity index (χ0n) is 9.06. The van der Waals surface area contributed by atoms with Crippen molar-refractivity contribution in [2.24, 2.45) is 0 Å². The van der Waals surface area contributed by atoms with Crippen LogP contribution < -0.4 is 4.74 Å². The van der Waals surface area contributed by atoms with Crippen molar-refractivity contribution in [1.29, 1.82) is 0 Å². The van der Waals surface area contributed by atoms with Crippen LogP contribution in [0.1, 0.15) is 31.7 Å². The Morgan fingerprint density at radius 3 is 2.40 bits per heavy atom. The molecule has 0 amide bonds. The summed E-state index contributed by atoms with van der Waals surface area (Å²) in [7, 11) is 0. The Morgan fingerprint density at radius 1 is 1.33 bits per heavy atom. The molecule has 0 atom stereocenters. The molecule has 1 N–H and O–H groups in total. The zero-order valence-corrected chi connectivity index (χ0v) is 9.06. The van der Waals surface area contributed by atoms with Gasteiger partial charge in [0.05, 0.1) is 13.0 Å². The molecular formula is C12H16O3. The summed E-state index contributed by atoms with van der Waals surface area (Å²) in [6, 6.07) is 7.75. The van der Waals surface area contributed by atoms with Crippen molar-refractivity contribution >= 4 is 5.97 Å². The molecule has 0 saturated carbocycles. The fourth-order valence-electron chi connectivity index (χ4n) is 1.21. The number of hydrogen-bond donors (Lipinski definition) is 1. The van der Waals surface area contributed by atoms with Crippen molar-refractivity contribution in [2.75, 3.05) is 6.61 Å². The van der Waals surface area contributed by atoms with E-state index in [-0.39, 0.29) is 13.0 Å². The molecule has 82 valence electrons. The van der Waals surface area contributed by atoms with Gasteiger partial charge in [-0.25, -0.2) is 0 Å². The smallest absolute Gasteiger partial charge is 0.306 e. The first-order chi connectivity index (χ1) is 7.09. The lowest BCUT2D eigenvalue weighted by Crippen LogP contribution is -2.04. The summed E-state index contributed by atoms with van der Waals surface area (Å²) in [5.74, 6) is 0.382. The van der Waals surface area contributed by atoms with Crippen molar-refractivity contribution in [1.82, 2.24) is 0 Å². The predicted molar refractivity (Wildman–Crippen MR) is 58.3 cm³/mol. The van der Waals surface area contributed by atoms with Crippen molar-refractivity contribution in [3.8, 4) is 5.75 Å². The normalized spacial score (nSPS) is 10.3. The summed E-state index contributed by atoms with van der Waals surface area (Å²) in [4.78, 5) is 10.3. The van der Waals surface area contributed by atoms with Crippen molar-refractivity contribution in [3.05, 3.63) is 29.8 Å². The highest BCUT2D eigenvalue weighted by Gasteiger charge is 2.00. The van der Waals surface area contributed by atoms with Crippen LogP contribution in [0.15, 0.2) is 24.3 Å². The van der Waals surface area contributed by atoms with Gasteiger partial charge in [0, 0.05) is 0 Å². The minimum Gasteiger partial charge on any atom is -0.493 e. The molecule has 3 heteroatoms. The largest absolute Gasteiger partial charge is 0.493 e. The predicted octanol–water partition coefficient (Wildman–Crippen LogP) is 2.66. The van der Waals surface area contributed by atoms with Crippen LogP contribution in [-0.2, 0) is 4.79 Å². The molecule has 0 saturated heterocycles. The lowest BCUT2D eigenvalue weighted by molar-refractivity contribution is -0.137. The fourth-order valence-corrected chi connectivity index (χ4v) is 1.21. The number of benzene rings is 1. The van der Waals surface area contributed by atoms with Crippen LogP contribution in [0.5, 0.6) is 5.75 Å². The molecule has 0 fully saturated rings. The van der Waals surface area contributed by atoms with Gasteiger partial charge >= 0.3 is 5.97 Å². The third kappa shape index (κ3) is 4.02. The Bertz CT molecular complexity index is 314. The second-order valence-electron chi connectivity index (χ2n) is 3.72. The van der Waals surface area contributed by atoms with E-state index in [1.54, 1.807) is 0 Å². The van der Waals surface area contributed by atoms with E-state index in [0.29, 0.717) is 5.92 Å². The molecule has 0 unspecified atom stereocenters. The van der Waals surface area contributed by atoms with Crippen LogP contribution in [0.4, 0.5) is 0 Å². The first kappa shape index (κ1) is 11.6. The molecule has 0 aliphatic rings. The fraction of sp³-hybridized carbons (Fsp3) is 0.417. The quantitative estimate of drug-likeness (QED) is 0.809. The van der Waals surface area contributed by atoms with Gasteiger partial charge in [-0.15, -0.1) is 0 Å². The average molecular weight is 208 g/mol. The maximum atomic E-state index is 10.3. The van der Waals surface area contributed by atoms with Gasteiger partial charge in [-0.3, -0.25) is 4.79 Å². The van der Waals surface area contributed by atoms with Crippen LogP contribution in [0, 0.1) is 0 Å². The molecule has 0 heterocycles. The molecule has 3 nitrogen and oxygen atoms in total. The Morgan fingerprint density at radius 2 is 1.93 bits per heavy atom. The third-order valence-electron chi connectivity index (χ3n) is 2.13. The van der Waals surface area contributed by atoms with E-state index < -0.39 is 5.97 Å². The monoisotopic (exact) mass is 208 g/mol. The summed E-state index contributed by atoms with van der Waals surface area (Å²) in [6.45, 7) is 4.47. The van der Waals surface area contributed by atoms with E-state index in [1.807, 2.05) is 24.3 Å². The second kappa shape index (κ2) is 5.39. The van der Waals surface area contributed by atoms with Gasteiger partial charge < -0.3 is 9.84 Å². The second-order valence-corrected chi connectivity index (χ2v) is 3.72. The molecule has 1 rings (SSSR count). The SMILES string of the molecule is CC(C)c1ccc(OCCC(=O)O)cc1. The van der Waals surface area contributed by atoms with Crippen LogP contribution in [-0.4, -0.2) is 17.7 Å². The lowest BCUT2D eigenvalue weighted by Gasteiger charge is -2.07. The standard InChI is InChI=1S/C12H16O3/c1-9(2)10-3-5-11(6-4-10)15-8-7-12(13)14/h3-6,9H,7-8H2,1-2H3,(H,13,14). The Balaban J connectivity index is 2.46. The molecule has 1 aromatic carbocycles. The van der Waals surface area contributed by atoms with Crippen molar-refractivity contribution in [2.45, 2.75) is 26.2 Å². The van der Waals surface area contributed by atoms with Crippen molar-refractivity contribution in [3.63, 3.8) is 0 Å².